The number of aryl methyl sites for hydroxylation is 1. The minimum absolute atomic E-state index is 0.0746. The molecule has 1 atom stereocenters. The van der Waals surface area contributed by atoms with E-state index in [0.717, 1.165) is 31.5 Å². The lowest BCUT2D eigenvalue weighted by Crippen LogP contribution is -2.36. The number of hydrogen-bond donors (Lipinski definition) is 3. The number of hydrogen-bond acceptors (Lipinski definition) is 3. The van der Waals surface area contributed by atoms with Crippen molar-refractivity contribution in [1.82, 2.24) is 16.0 Å². The summed E-state index contributed by atoms with van der Waals surface area (Å²) in [5.74, 6) is 1.02. The fourth-order valence-electron chi connectivity index (χ4n) is 3.13. The lowest BCUT2D eigenvalue weighted by atomic mass is 9.84. The van der Waals surface area contributed by atoms with Crippen molar-refractivity contribution >= 4 is 11.8 Å². The molecule has 5 heteroatoms. The zero-order chi connectivity index (χ0) is 17.4. The van der Waals surface area contributed by atoms with Gasteiger partial charge in [-0.05, 0) is 56.8 Å². The van der Waals surface area contributed by atoms with Gasteiger partial charge >= 0.3 is 0 Å². The molecule has 0 aliphatic carbocycles. The summed E-state index contributed by atoms with van der Waals surface area (Å²) < 4.78 is 0. The Morgan fingerprint density at radius 1 is 1.12 bits per heavy atom. The summed E-state index contributed by atoms with van der Waals surface area (Å²) in [6.07, 6.45) is 2.87. The Balaban J connectivity index is 1.61. The molecule has 0 bridgehead atoms. The molecule has 1 unspecified atom stereocenters. The van der Waals surface area contributed by atoms with E-state index < -0.39 is 0 Å². The van der Waals surface area contributed by atoms with Gasteiger partial charge in [0.15, 0.2) is 0 Å². The fraction of sp³-hybridized carbons (Fsp3) is 0.579. The first-order valence-electron chi connectivity index (χ1n) is 8.88. The second kappa shape index (κ2) is 9.42. The van der Waals surface area contributed by atoms with E-state index in [1.54, 1.807) is 0 Å². The number of carbonyl (C=O) groups is 2. The third-order valence-electron chi connectivity index (χ3n) is 4.74. The minimum Gasteiger partial charge on any atom is -0.354 e. The van der Waals surface area contributed by atoms with Crippen molar-refractivity contribution in [3.05, 3.63) is 35.4 Å². The van der Waals surface area contributed by atoms with Gasteiger partial charge in [0.05, 0.1) is 0 Å². The fourth-order valence-corrected chi connectivity index (χ4v) is 3.13. The van der Waals surface area contributed by atoms with Crippen LogP contribution in [0.1, 0.15) is 42.1 Å². The summed E-state index contributed by atoms with van der Waals surface area (Å²) >= 11 is 0. The summed E-state index contributed by atoms with van der Waals surface area (Å²) in [5.41, 5.74) is 1.77. The third-order valence-corrected chi connectivity index (χ3v) is 4.74. The molecule has 1 aromatic carbocycles. The van der Waals surface area contributed by atoms with Gasteiger partial charge in [0.1, 0.15) is 0 Å². The molecule has 0 radical (unpaired) electrons. The molecule has 2 rings (SSSR count). The molecule has 1 aliphatic heterocycles. The second-order valence-corrected chi connectivity index (χ2v) is 6.74. The molecule has 0 spiro atoms. The highest BCUT2D eigenvalue weighted by atomic mass is 16.2. The van der Waals surface area contributed by atoms with Crippen LogP contribution >= 0.6 is 0 Å². The van der Waals surface area contributed by atoms with Gasteiger partial charge in [-0.15, -0.1) is 0 Å². The van der Waals surface area contributed by atoms with E-state index >= 15 is 0 Å². The van der Waals surface area contributed by atoms with Crippen LogP contribution in [0.2, 0.25) is 0 Å². The van der Waals surface area contributed by atoms with E-state index in [4.69, 9.17) is 0 Å². The Hall–Kier alpha value is -1.88. The minimum atomic E-state index is -0.104. The standard InChI is InChI=1S/C19H29N3O2/c1-14-3-5-17(6-4-14)19(24)22-12-11-21-18(23)13-15(2)16-7-9-20-10-8-16/h3-6,15-16,20H,7-13H2,1-2H3,(H,21,23)(H,22,24). The predicted octanol–water partition coefficient (Wildman–Crippen LogP) is 1.87. The van der Waals surface area contributed by atoms with Gasteiger partial charge in [0, 0.05) is 25.1 Å². The molecule has 1 aromatic rings. The molecule has 1 fully saturated rings. The van der Waals surface area contributed by atoms with Crippen LogP contribution in [0.15, 0.2) is 24.3 Å². The number of nitrogens with one attached hydrogen (secondary N) is 3. The van der Waals surface area contributed by atoms with Crippen molar-refractivity contribution < 1.29 is 9.59 Å². The Morgan fingerprint density at radius 2 is 1.75 bits per heavy atom. The summed E-state index contributed by atoms with van der Waals surface area (Å²) in [6, 6.07) is 7.45. The van der Waals surface area contributed by atoms with Crippen molar-refractivity contribution in [2.24, 2.45) is 11.8 Å². The zero-order valence-corrected chi connectivity index (χ0v) is 14.7. The molecule has 1 heterocycles. The second-order valence-electron chi connectivity index (χ2n) is 6.74. The van der Waals surface area contributed by atoms with Crippen LogP contribution in [0, 0.1) is 18.8 Å². The summed E-state index contributed by atoms with van der Waals surface area (Å²) in [4.78, 5) is 24.0. The maximum absolute atomic E-state index is 12.0. The van der Waals surface area contributed by atoms with Gasteiger partial charge in [0.2, 0.25) is 5.91 Å². The topological polar surface area (TPSA) is 70.2 Å². The summed E-state index contributed by atoms with van der Waals surface area (Å²) in [6.45, 7) is 7.18. The number of amides is 2. The van der Waals surface area contributed by atoms with Crippen molar-refractivity contribution in [3.8, 4) is 0 Å². The first-order valence-corrected chi connectivity index (χ1v) is 8.88. The van der Waals surface area contributed by atoms with Crippen molar-refractivity contribution in [3.63, 3.8) is 0 Å². The molecular formula is C19H29N3O2. The Kier molecular flexibility index (Phi) is 7.25. The molecule has 1 saturated heterocycles. The molecule has 0 aromatic heterocycles. The average molecular weight is 331 g/mol. The first kappa shape index (κ1) is 18.5. The predicted molar refractivity (Wildman–Crippen MR) is 95.9 cm³/mol. The van der Waals surface area contributed by atoms with Crippen LogP contribution < -0.4 is 16.0 Å². The number of rotatable bonds is 7. The molecule has 0 saturated carbocycles. The molecule has 132 valence electrons. The first-order chi connectivity index (χ1) is 11.6. The Bertz CT molecular complexity index is 536. The Labute approximate surface area is 144 Å². The van der Waals surface area contributed by atoms with Gasteiger partial charge < -0.3 is 16.0 Å². The highest BCUT2D eigenvalue weighted by Gasteiger charge is 2.21. The van der Waals surface area contributed by atoms with Crippen molar-refractivity contribution in [2.45, 2.75) is 33.1 Å². The normalized spacial score (nSPS) is 16.4. The van der Waals surface area contributed by atoms with E-state index in [1.165, 1.54) is 0 Å². The van der Waals surface area contributed by atoms with Crippen LogP contribution in [0.25, 0.3) is 0 Å². The van der Waals surface area contributed by atoms with Crippen LogP contribution in [0.3, 0.4) is 0 Å². The molecular weight excluding hydrogens is 302 g/mol. The number of carbonyl (C=O) groups excluding carboxylic acids is 2. The average Bonchev–Trinajstić information content (AvgIpc) is 2.60. The van der Waals surface area contributed by atoms with Crippen molar-refractivity contribution in [2.75, 3.05) is 26.2 Å². The smallest absolute Gasteiger partial charge is 0.251 e. The molecule has 24 heavy (non-hydrogen) atoms. The monoisotopic (exact) mass is 331 g/mol. The van der Waals surface area contributed by atoms with Crippen LogP contribution in [-0.2, 0) is 4.79 Å². The van der Waals surface area contributed by atoms with E-state index in [-0.39, 0.29) is 11.8 Å². The SMILES string of the molecule is Cc1ccc(C(=O)NCCNC(=O)CC(C)C2CCNCC2)cc1. The van der Waals surface area contributed by atoms with Crippen LogP contribution in [0.4, 0.5) is 0 Å². The highest BCUT2D eigenvalue weighted by Crippen LogP contribution is 2.23. The van der Waals surface area contributed by atoms with Gasteiger partial charge in [-0.1, -0.05) is 24.6 Å². The molecule has 2 amide bonds. The van der Waals surface area contributed by atoms with Gasteiger partial charge in [0.25, 0.3) is 5.91 Å². The lowest BCUT2D eigenvalue weighted by molar-refractivity contribution is -0.122. The molecule has 5 nitrogen and oxygen atoms in total. The molecule has 3 N–H and O–H groups in total. The molecule has 1 aliphatic rings. The largest absolute Gasteiger partial charge is 0.354 e. The highest BCUT2D eigenvalue weighted by molar-refractivity contribution is 5.94. The van der Waals surface area contributed by atoms with Crippen molar-refractivity contribution in [1.29, 1.82) is 0 Å². The third kappa shape index (κ3) is 5.96. The maximum atomic E-state index is 12.0. The maximum Gasteiger partial charge on any atom is 0.251 e. The van der Waals surface area contributed by atoms with Gasteiger partial charge in [-0.2, -0.15) is 0 Å². The van der Waals surface area contributed by atoms with E-state index in [0.29, 0.717) is 36.9 Å². The van der Waals surface area contributed by atoms with E-state index in [9.17, 15) is 9.59 Å². The van der Waals surface area contributed by atoms with Gasteiger partial charge in [-0.3, -0.25) is 9.59 Å². The Morgan fingerprint density at radius 3 is 2.42 bits per heavy atom. The van der Waals surface area contributed by atoms with Crippen LogP contribution in [0.5, 0.6) is 0 Å². The summed E-state index contributed by atoms with van der Waals surface area (Å²) in [5, 5.41) is 9.08. The number of benzene rings is 1. The van der Waals surface area contributed by atoms with E-state index in [1.807, 2.05) is 31.2 Å². The van der Waals surface area contributed by atoms with E-state index in [2.05, 4.69) is 22.9 Å². The van der Waals surface area contributed by atoms with Crippen LogP contribution in [-0.4, -0.2) is 38.0 Å². The summed E-state index contributed by atoms with van der Waals surface area (Å²) in [7, 11) is 0. The number of piperidine rings is 1. The lowest BCUT2D eigenvalue weighted by Gasteiger charge is -2.27. The van der Waals surface area contributed by atoms with Gasteiger partial charge in [-0.25, -0.2) is 0 Å². The zero-order valence-electron chi connectivity index (χ0n) is 14.7. The quantitative estimate of drug-likeness (QED) is 0.668.